The molecule has 92 valence electrons. The molecule has 2 aliphatic rings. The molecule has 1 aliphatic heterocycles. The minimum absolute atomic E-state index is 0.0925. The Labute approximate surface area is 97.1 Å². The van der Waals surface area contributed by atoms with E-state index in [4.69, 9.17) is 4.74 Å². The van der Waals surface area contributed by atoms with Gasteiger partial charge in [-0.1, -0.05) is 26.0 Å². The lowest BCUT2D eigenvalue weighted by atomic mass is 9.63. The number of epoxide rings is 1. The van der Waals surface area contributed by atoms with Crippen molar-refractivity contribution in [1.29, 1.82) is 0 Å². The van der Waals surface area contributed by atoms with E-state index in [0.29, 0.717) is 6.42 Å². The molecule has 16 heavy (non-hydrogen) atoms. The highest BCUT2D eigenvalue weighted by atomic mass is 16.6. The van der Waals surface area contributed by atoms with Gasteiger partial charge >= 0.3 is 0 Å². The molecule has 0 spiro atoms. The molecule has 4 atom stereocenters. The van der Waals surface area contributed by atoms with Gasteiger partial charge in [0.05, 0.1) is 12.2 Å². The Morgan fingerprint density at radius 2 is 1.94 bits per heavy atom. The normalized spacial score (nSPS) is 47.8. The fourth-order valence-corrected chi connectivity index (χ4v) is 3.35. The first-order chi connectivity index (χ1) is 7.22. The average molecular weight is 226 g/mol. The fourth-order valence-electron chi connectivity index (χ4n) is 3.35. The molecule has 0 radical (unpaired) electrons. The molecule has 2 rings (SSSR count). The van der Waals surface area contributed by atoms with Crippen LogP contribution in [-0.4, -0.2) is 33.6 Å². The molecule has 0 aromatic heterocycles. The largest absolute Gasteiger partial charge is 0.393 e. The van der Waals surface area contributed by atoms with Gasteiger partial charge in [-0.2, -0.15) is 0 Å². The van der Waals surface area contributed by atoms with Crippen molar-refractivity contribution < 1.29 is 14.9 Å². The summed E-state index contributed by atoms with van der Waals surface area (Å²) in [6, 6.07) is 0. The van der Waals surface area contributed by atoms with E-state index >= 15 is 0 Å². The van der Waals surface area contributed by atoms with Crippen LogP contribution >= 0.6 is 0 Å². The molecule has 0 aromatic carbocycles. The minimum atomic E-state index is -0.453. The van der Waals surface area contributed by atoms with Gasteiger partial charge in [0.1, 0.15) is 11.2 Å². The van der Waals surface area contributed by atoms with Gasteiger partial charge in [-0.05, 0) is 20.3 Å². The van der Waals surface area contributed by atoms with Crippen LogP contribution in [0.25, 0.3) is 0 Å². The fraction of sp³-hybridized carbons (Fsp3) is 0.846. The quantitative estimate of drug-likeness (QED) is 0.556. The number of aliphatic hydroxyl groups is 2. The third-order valence-corrected chi connectivity index (χ3v) is 4.12. The summed E-state index contributed by atoms with van der Waals surface area (Å²) < 4.78 is 5.93. The number of rotatable bonds is 2. The van der Waals surface area contributed by atoms with E-state index in [9.17, 15) is 10.2 Å². The molecule has 2 N–H and O–H groups in total. The van der Waals surface area contributed by atoms with E-state index < -0.39 is 6.10 Å². The standard InChI is InChI=1S/C13H22O3/c1-9(14)5-6-13-11(2,3)7-10(15)8-12(13,4)16-13/h5-6,9-10,14-15H,7-8H2,1-4H3/b6-5+. The summed E-state index contributed by atoms with van der Waals surface area (Å²) in [6.45, 7) is 8.01. The van der Waals surface area contributed by atoms with Gasteiger partial charge in [-0.25, -0.2) is 0 Å². The van der Waals surface area contributed by atoms with Gasteiger partial charge in [0.15, 0.2) is 0 Å². The van der Waals surface area contributed by atoms with Gasteiger partial charge in [0, 0.05) is 11.8 Å². The van der Waals surface area contributed by atoms with Gasteiger partial charge in [0.2, 0.25) is 0 Å². The second-order valence-corrected chi connectivity index (χ2v) is 6.11. The third-order valence-electron chi connectivity index (χ3n) is 4.12. The van der Waals surface area contributed by atoms with E-state index in [-0.39, 0.29) is 22.7 Å². The smallest absolute Gasteiger partial charge is 0.121 e. The molecule has 1 saturated carbocycles. The summed E-state index contributed by atoms with van der Waals surface area (Å²) in [7, 11) is 0. The molecule has 0 amide bonds. The molecule has 1 heterocycles. The van der Waals surface area contributed by atoms with Crippen molar-refractivity contribution in [1.82, 2.24) is 0 Å². The lowest BCUT2D eigenvalue weighted by molar-refractivity contribution is 0.0512. The SMILES string of the molecule is CC(O)/C=C/C12OC1(C)CC(O)CC2(C)C. The van der Waals surface area contributed by atoms with Crippen LogP contribution in [0.2, 0.25) is 0 Å². The number of ether oxygens (including phenoxy) is 1. The molecule has 2 fully saturated rings. The van der Waals surface area contributed by atoms with Crippen LogP contribution in [0.4, 0.5) is 0 Å². The predicted octanol–water partition coefficient (Wildman–Crippen LogP) is 1.63. The molecular weight excluding hydrogens is 204 g/mol. The van der Waals surface area contributed by atoms with Gasteiger partial charge in [0.25, 0.3) is 0 Å². The maximum Gasteiger partial charge on any atom is 0.121 e. The zero-order valence-electron chi connectivity index (χ0n) is 10.5. The van der Waals surface area contributed by atoms with Crippen molar-refractivity contribution >= 4 is 0 Å². The number of aliphatic hydroxyl groups excluding tert-OH is 2. The zero-order valence-corrected chi connectivity index (χ0v) is 10.5. The summed E-state index contributed by atoms with van der Waals surface area (Å²) in [4.78, 5) is 0. The van der Waals surface area contributed by atoms with Gasteiger partial charge in [-0.15, -0.1) is 0 Å². The summed E-state index contributed by atoms with van der Waals surface area (Å²) in [5.74, 6) is 0. The van der Waals surface area contributed by atoms with Crippen LogP contribution in [0.15, 0.2) is 12.2 Å². The Hall–Kier alpha value is -0.380. The zero-order chi connectivity index (χ0) is 12.2. The molecule has 3 nitrogen and oxygen atoms in total. The number of fused-ring (bicyclic) bond motifs is 1. The van der Waals surface area contributed by atoms with Crippen LogP contribution in [0.1, 0.15) is 40.5 Å². The van der Waals surface area contributed by atoms with Crippen LogP contribution in [0, 0.1) is 5.41 Å². The van der Waals surface area contributed by atoms with E-state index in [1.54, 1.807) is 13.0 Å². The molecule has 1 saturated heterocycles. The molecule has 1 aliphatic carbocycles. The first-order valence-electron chi connectivity index (χ1n) is 5.98. The van der Waals surface area contributed by atoms with E-state index in [1.807, 2.05) is 13.0 Å². The Morgan fingerprint density at radius 1 is 1.31 bits per heavy atom. The lowest BCUT2D eigenvalue weighted by Gasteiger charge is -2.39. The van der Waals surface area contributed by atoms with Crippen molar-refractivity contribution in [3.63, 3.8) is 0 Å². The van der Waals surface area contributed by atoms with Crippen LogP contribution in [-0.2, 0) is 4.74 Å². The third kappa shape index (κ3) is 1.53. The minimum Gasteiger partial charge on any atom is -0.393 e. The molecule has 0 bridgehead atoms. The maximum absolute atomic E-state index is 9.85. The van der Waals surface area contributed by atoms with Crippen molar-refractivity contribution in [2.24, 2.45) is 5.41 Å². The monoisotopic (exact) mass is 226 g/mol. The molecule has 0 aromatic rings. The average Bonchev–Trinajstić information content (AvgIpc) is 2.67. The highest BCUT2D eigenvalue weighted by Crippen LogP contribution is 2.65. The Kier molecular flexibility index (Phi) is 2.50. The summed E-state index contributed by atoms with van der Waals surface area (Å²) in [5, 5.41) is 19.2. The number of hydrogen-bond acceptors (Lipinski definition) is 3. The van der Waals surface area contributed by atoms with Gasteiger partial charge in [-0.3, -0.25) is 0 Å². The van der Waals surface area contributed by atoms with E-state index in [0.717, 1.165) is 6.42 Å². The van der Waals surface area contributed by atoms with Crippen LogP contribution in [0.3, 0.4) is 0 Å². The van der Waals surface area contributed by atoms with Crippen molar-refractivity contribution in [3.8, 4) is 0 Å². The first-order valence-corrected chi connectivity index (χ1v) is 5.98. The molecular formula is C13H22O3. The van der Waals surface area contributed by atoms with Crippen LogP contribution in [0.5, 0.6) is 0 Å². The second kappa shape index (κ2) is 3.31. The molecule has 4 unspecified atom stereocenters. The second-order valence-electron chi connectivity index (χ2n) is 6.11. The maximum atomic E-state index is 9.85. The predicted molar refractivity (Wildman–Crippen MR) is 62.1 cm³/mol. The highest BCUT2D eigenvalue weighted by molar-refractivity contribution is 5.32. The first kappa shape index (κ1) is 12.1. The Balaban J connectivity index is 2.28. The topological polar surface area (TPSA) is 53.0 Å². The van der Waals surface area contributed by atoms with E-state index in [1.165, 1.54) is 0 Å². The van der Waals surface area contributed by atoms with Crippen molar-refractivity contribution in [2.75, 3.05) is 0 Å². The van der Waals surface area contributed by atoms with Gasteiger partial charge < -0.3 is 14.9 Å². The number of hydrogen-bond donors (Lipinski definition) is 2. The summed E-state index contributed by atoms with van der Waals surface area (Å²) >= 11 is 0. The highest BCUT2D eigenvalue weighted by Gasteiger charge is 2.74. The lowest BCUT2D eigenvalue weighted by Crippen LogP contribution is -2.46. The van der Waals surface area contributed by atoms with E-state index in [2.05, 4.69) is 13.8 Å². The Bertz CT molecular complexity index is 321. The summed E-state index contributed by atoms with van der Waals surface area (Å²) in [5.41, 5.74) is -0.666. The summed E-state index contributed by atoms with van der Waals surface area (Å²) in [6.07, 6.45) is 4.46. The van der Waals surface area contributed by atoms with Crippen LogP contribution < -0.4 is 0 Å². The van der Waals surface area contributed by atoms with Crippen molar-refractivity contribution in [3.05, 3.63) is 12.2 Å². The van der Waals surface area contributed by atoms with Crippen molar-refractivity contribution in [2.45, 2.75) is 63.9 Å². The Morgan fingerprint density at radius 3 is 2.44 bits per heavy atom. The molecule has 3 heteroatoms.